The van der Waals surface area contributed by atoms with Crippen molar-refractivity contribution in [2.24, 2.45) is 28.6 Å². The molecule has 29 heavy (non-hydrogen) atoms. The van der Waals surface area contributed by atoms with Gasteiger partial charge in [-0.2, -0.15) is 0 Å². The first-order valence-electron chi connectivity index (χ1n) is 10.2. The molecule has 0 radical (unpaired) electrons. The van der Waals surface area contributed by atoms with E-state index in [1.807, 2.05) is 32.1 Å². The summed E-state index contributed by atoms with van der Waals surface area (Å²) in [6.07, 6.45) is 9.54. The topological polar surface area (TPSA) is 101 Å². The zero-order valence-electron chi connectivity index (χ0n) is 17.1. The Kier molecular flexibility index (Phi) is 4.52. The second-order valence-corrected chi connectivity index (χ2v) is 9.48. The molecule has 4 aliphatic rings. The predicted molar refractivity (Wildman–Crippen MR) is 105 cm³/mol. The smallest absolute Gasteiger partial charge is 0.303 e. The zero-order chi connectivity index (χ0) is 21.2. The van der Waals surface area contributed by atoms with Gasteiger partial charge < -0.3 is 14.9 Å². The van der Waals surface area contributed by atoms with Gasteiger partial charge in [-0.3, -0.25) is 14.4 Å². The molecule has 2 fully saturated rings. The molecule has 0 spiro atoms. The van der Waals surface area contributed by atoms with Crippen LogP contribution in [0.3, 0.4) is 0 Å². The molecule has 7 atom stereocenters. The maximum absolute atomic E-state index is 12.8. The SMILES string of the molecule is CC(=O)OCC(=O)[C@]1(O)CC[C@@H]2[C@H]3C=CC4=CC(=O)C=C[C@]4(C)[C@@H]3[C@@H](O)C[C@@]21C. The van der Waals surface area contributed by atoms with E-state index in [0.717, 1.165) is 5.57 Å². The molecule has 0 bridgehead atoms. The standard InChI is InChI=1S/C23H28O6/c1-13(24)29-12-19(27)23(28)9-7-17-16-5-4-14-10-15(25)6-8-21(14,2)20(16)18(26)11-22(17,23)3/h4-6,8,10,16-18,20,26,28H,7,9,11-12H2,1-3H3/t16-,17-,18+,20+,21+,22+,23-/m1/s1. The van der Waals surface area contributed by atoms with E-state index in [4.69, 9.17) is 4.74 Å². The fourth-order valence-electron chi connectivity index (χ4n) is 6.53. The number of Topliss-reactive ketones (excluding diaryl/α,β-unsaturated/α-hetero) is 1. The van der Waals surface area contributed by atoms with Gasteiger partial charge in [0, 0.05) is 23.7 Å². The lowest BCUT2D eigenvalue weighted by atomic mass is 9.48. The van der Waals surface area contributed by atoms with Crippen LogP contribution in [0.4, 0.5) is 0 Å². The lowest BCUT2D eigenvalue weighted by Gasteiger charge is -2.57. The van der Waals surface area contributed by atoms with E-state index in [0.29, 0.717) is 6.42 Å². The summed E-state index contributed by atoms with van der Waals surface area (Å²) >= 11 is 0. The minimum absolute atomic E-state index is 0.00262. The van der Waals surface area contributed by atoms with E-state index in [-0.39, 0.29) is 36.4 Å². The minimum Gasteiger partial charge on any atom is -0.458 e. The van der Waals surface area contributed by atoms with E-state index in [9.17, 15) is 24.6 Å². The molecule has 2 saturated carbocycles. The van der Waals surface area contributed by atoms with Crippen LogP contribution in [0.2, 0.25) is 0 Å². The summed E-state index contributed by atoms with van der Waals surface area (Å²) < 4.78 is 4.86. The maximum atomic E-state index is 12.8. The van der Waals surface area contributed by atoms with Crippen LogP contribution in [0.25, 0.3) is 0 Å². The van der Waals surface area contributed by atoms with Gasteiger partial charge in [0.15, 0.2) is 12.4 Å². The van der Waals surface area contributed by atoms with E-state index in [2.05, 4.69) is 0 Å². The first-order chi connectivity index (χ1) is 13.5. The molecule has 0 aromatic carbocycles. The number of rotatable bonds is 3. The van der Waals surface area contributed by atoms with Crippen molar-refractivity contribution in [1.29, 1.82) is 0 Å². The Balaban J connectivity index is 1.70. The lowest BCUT2D eigenvalue weighted by Crippen LogP contribution is -2.61. The average molecular weight is 400 g/mol. The summed E-state index contributed by atoms with van der Waals surface area (Å²) in [6.45, 7) is 4.69. The number of fused-ring (bicyclic) bond motifs is 5. The molecule has 6 heteroatoms. The number of aliphatic hydroxyl groups excluding tert-OH is 1. The quantitative estimate of drug-likeness (QED) is 0.702. The van der Waals surface area contributed by atoms with Crippen molar-refractivity contribution in [1.82, 2.24) is 0 Å². The van der Waals surface area contributed by atoms with E-state index < -0.39 is 40.9 Å². The van der Waals surface area contributed by atoms with Crippen molar-refractivity contribution in [3.05, 3.63) is 36.0 Å². The van der Waals surface area contributed by atoms with Crippen LogP contribution >= 0.6 is 0 Å². The molecule has 156 valence electrons. The molecule has 0 aromatic rings. The van der Waals surface area contributed by atoms with Gasteiger partial charge in [-0.05, 0) is 48.8 Å². The molecular formula is C23H28O6. The van der Waals surface area contributed by atoms with E-state index >= 15 is 0 Å². The Labute approximate surface area is 170 Å². The summed E-state index contributed by atoms with van der Waals surface area (Å²) in [5, 5.41) is 22.7. The Morgan fingerprint density at radius 3 is 2.69 bits per heavy atom. The van der Waals surface area contributed by atoms with Gasteiger partial charge >= 0.3 is 5.97 Å². The molecule has 6 nitrogen and oxygen atoms in total. The summed E-state index contributed by atoms with van der Waals surface area (Å²) in [5.41, 5.74) is -2.02. The zero-order valence-corrected chi connectivity index (χ0v) is 17.1. The number of hydrogen-bond acceptors (Lipinski definition) is 6. The van der Waals surface area contributed by atoms with Gasteiger partial charge in [-0.1, -0.05) is 32.1 Å². The third-order valence-electron chi connectivity index (χ3n) is 8.08. The van der Waals surface area contributed by atoms with Gasteiger partial charge in [0.05, 0.1) is 6.10 Å². The molecule has 0 unspecified atom stereocenters. The van der Waals surface area contributed by atoms with Gasteiger partial charge in [-0.25, -0.2) is 0 Å². The normalized spacial score (nSPS) is 45.1. The number of carbonyl (C=O) groups excluding carboxylic acids is 3. The second kappa shape index (κ2) is 6.47. The highest BCUT2D eigenvalue weighted by Gasteiger charge is 2.67. The Morgan fingerprint density at radius 2 is 2.00 bits per heavy atom. The van der Waals surface area contributed by atoms with Crippen LogP contribution < -0.4 is 0 Å². The fourth-order valence-corrected chi connectivity index (χ4v) is 6.53. The Morgan fingerprint density at radius 1 is 1.28 bits per heavy atom. The van der Waals surface area contributed by atoms with Crippen LogP contribution in [0.15, 0.2) is 36.0 Å². The number of aliphatic hydroxyl groups is 2. The monoisotopic (exact) mass is 400 g/mol. The van der Waals surface area contributed by atoms with Crippen molar-refractivity contribution >= 4 is 17.5 Å². The highest BCUT2D eigenvalue weighted by Crippen LogP contribution is 2.65. The first kappa shape index (κ1) is 20.2. The Hall–Kier alpha value is -2.05. The van der Waals surface area contributed by atoms with Crippen LogP contribution in [-0.2, 0) is 19.1 Å². The minimum atomic E-state index is -1.64. The lowest BCUT2D eigenvalue weighted by molar-refractivity contribution is -0.175. The van der Waals surface area contributed by atoms with Crippen LogP contribution in [0.5, 0.6) is 0 Å². The summed E-state index contributed by atoms with van der Waals surface area (Å²) in [6, 6.07) is 0. The molecular weight excluding hydrogens is 372 g/mol. The fraction of sp³-hybridized carbons (Fsp3) is 0.609. The molecule has 0 amide bonds. The van der Waals surface area contributed by atoms with Crippen molar-refractivity contribution in [2.75, 3.05) is 6.61 Å². The van der Waals surface area contributed by atoms with Crippen molar-refractivity contribution in [3.8, 4) is 0 Å². The molecule has 4 rings (SSSR count). The largest absolute Gasteiger partial charge is 0.458 e. The number of esters is 1. The van der Waals surface area contributed by atoms with Crippen LogP contribution in [0, 0.1) is 28.6 Å². The molecule has 0 heterocycles. The molecule has 4 aliphatic carbocycles. The number of ketones is 2. The van der Waals surface area contributed by atoms with Gasteiger partial charge in [0.1, 0.15) is 5.60 Å². The highest BCUT2D eigenvalue weighted by atomic mass is 16.5. The van der Waals surface area contributed by atoms with E-state index in [1.165, 1.54) is 6.92 Å². The average Bonchev–Trinajstić information content (AvgIpc) is 2.91. The highest BCUT2D eigenvalue weighted by molar-refractivity contribution is 6.01. The number of ether oxygens (including phenoxy) is 1. The maximum Gasteiger partial charge on any atom is 0.303 e. The third-order valence-corrected chi connectivity index (χ3v) is 8.08. The van der Waals surface area contributed by atoms with Crippen molar-refractivity contribution < 1.29 is 29.3 Å². The predicted octanol–water partition coefficient (Wildman–Crippen LogP) is 1.90. The number of carbonyl (C=O) groups is 3. The summed E-state index contributed by atoms with van der Waals surface area (Å²) in [5.74, 6) is -1.28. The van der Waals surface area contributed by atoms with Crippen molar-refractivity contribution in [2.45, 2.75) is 51.7 Å². The van der Waals surface area contributed by atoms with Crippen molar-refractivity contribution in [3.63, 3.8) is 0 Å². The van der Waals surface area contributed by atoms with Gasteiger partial charge in [0.2, 0.25) is 5.78 Å². The molecule has 0 saturated heterocycles. The van der Waals surface area contributed by atoms with Gasteiger partial charge in [0.25, 0.3) is 0 Å². The molecule has 2 N–H and O–H groups in total. The first-order valence-corrected chi connectivity index (χ1v) is 10.2. The van der Waals surface area contributed by atoms with Crippen LogP contribution in [0.1, 0.15) is 40.0 Å². The molecule has 0 aromatic heterocycles. The summed E-state index contributed by atoms with van der Waals surface area (Å²) in [4.78, 5) is 35.8. The Bertz CT molecular complexity index is 869. The van der Waals surface area contributed by atoms with E-state index in [1.54, 1.807) is 12.2 Å². The third kappa shape index (κ3) is 2.72. The van der Waals surface area contributed by atoms with Crippen LogP contribution in [-0.4, -0.2) is 46.1 Å². The number of allylic oxidation sites excluding steroid dienone is 6. The number of hydrogen-bond donors (Lipinski definition) is 2. The van der Waals surface area contributed by atoms with Gasteiger partial charge in [-0.15, -0.1) is 0 Å². The summed E-state index contributed by atoms with van der Waals surface area (Å²) in [7, 11) is 0. The second-order valence-electron chi connectivity index (χ2n) is 9.48. The molecule has 0 aliphatic heterocycles.